The SMILES string of the molecule is CCc1ccc(-n2nnnc2C2CCCC2)cc1N. The number of benzene rings is 1. The number of nitrogens with zero attached hydrogens (tertiary/aromatic N) is 4. The fourth-order valence-corrected chi connectivity index (χ4v) is 2.85. The first-order valence-corrected chi connectivity index (χ1v) is 6.96. The summed E-state index contributed by atoms with van der Waals surface area (Å²) in [5, 5.41) is 12.2. The first-order valence-electron chi connectivity index (χ1n) is 6.96. The van der Waals surface area contributed by atoms with E-state index in [4.69, 9.17) is 5.73 Å². The minimum Gasteiger partial charge on any atom is -0.398 e. The van der Waals surface area contributed by atoms with Gasteiger partial charge in [-0.1, -0.05) is 25.8 Å². The van der Waals surface area contributed by atoms with E-state index in [0.717, 1.165) is 23.6 Å². The molecule has 0 atom stereocenters. The molecule has 0 saturated heterocycles. The molecule has 2 N–H and O–H groups in total. The van der Waals surface area contributed by atoms with Gasteiger partial charge in [-0.2, -0.15) is 4.68 Å². The summed E-state index contributed by atoms with van der Waals surface area (Å²) in [7, 11) is 0. The molecule has 2 aromatic rings. The third-order valence-electron chi connectivity index (χ3n) is 3.97. The predicted octanol–water partition coefficient (Wildman–Crippen LogP) is 2.46. The van der Waals surface area contributed by atoms with Crippen molar-refractivity contribution in [3.05, 3.63) is 29.6 Å². The van der Waals surface area contributed by atoms with Crippen LogP contribution in [0.5, 0.6) is 0 Å². The third kappa shape index (κ3) is 2.20. The molecule has 5 nitrogen and oxygen atoms in total. The smallest absolute Gasteiger partial charge is 0.159 e. The Kier molecular flexibility index (Phi) is 3.19. The van der Waals surface area contributed by atoms with Crippen molar-refractivity contribution in [2.45, 2.75) is 44.9 Å². The maximum absolute atomic E-state index is 6.06. The monoisotopic (exact) mass is 257 g/mol. The van der Waals surface area contributed by atoms with Crippen molar-refractivity contribution in [3.8, 4) is 5.69 Å². The molecule has 1 aromatic carbocycles. The predicted molar refractivity (Wildman–Crippen MR) is 74.2 cm³/mol. The molecule has 1 saturated carbocycles. The van der Waals surface area contributed by atoms with Crippen molar-refractivity contribution in [1.29, 1.82) is 0 Å². The molecule has 0 aliphatic heterocycles. The van der Waals surface area contributed by atoms with Crippen molar-refractivity contribution in [3.63, 3.8) is 0 Å². The highest BCUT2D eigenvalue weighted by atomic mass is 15.5. The average Bonchev–Trinajstić information content (AvgIpc) is 3.09. The summed E-state index contributed by atoms with van der Waals surface area (Å²) in [6, 6.07) is 6.07. The molecule has 0 radical (unpaired) electrons. The highest BCUT2D eigenvalue weighted by Gasteiger charge is 2.23. The van der Waals surface area contributed by atoms with Crippen molar-refractivity contribution in [1.82, 2.24) is 20.2 Å². The molecule has 1 aliphatic rings. The normalized spacial score (nSPS) is 16.1. The molecule has 1 aliphatic carbocycles. The Balaban J connectivity index is 1.98. The average molecular weight is 257 g/mol. The quantitative estimate of drug-likeness (QED) is 0.857. The van der Waals surface area contributed by atoms with Gasteiger partial charge in [-0.15, -0.1) is 5.10 Å². The topological polar surface area (TPSA) is 69.6 Å². The van der Waals surface area contributed by atoms with Gasteiger partial charge in [0.05, 0.1) is 5.69 Å². The van der Waals surface area contributed by atoms with Crippen LogP contribution in [0.15, 0.2) is 18.2 Å². The van der Waals surface area contributed by atoms with Gasteiger partial charge in [0, 0.05) is 11.6 Å². The molecule has 100 valence electrons. The molecule has 0 bridgehead atoms. The van der Waals surface area contributed by atoms with Crippen LogP contribution in [0.1, 0.15) is 49.9 Å². The lowest BCUT2D eigenvalue weighted by Crippen LogP contribution is -2.07. The number of rotatable bonds is 3. The summed E-state index contributed by atoms with van der Waals surface area (Å²) in [6.07, 6.45) is 5.85. The van der Waals surface area contributed by atoms with E-state index in [-0.39, 0.29) is 0 Å². The van der Waals surface area contributed by atoms with Crippen LogP contribution in [0.25, 0.3) is 5.69 Å². The summed E-state index contributed by atoms with van der Waals surface area (Å²) < 4.78 is 1.84. The van der Waals surface area contributed by atoms with Crippen LogP contribution in [0.3, 0.4) is 0 Å². The first-order chi connectivity index (χ1) is 9.29. The van der Waals surface area contributed by atoms with E-state index < -0.39 is 0 Å². The molecule has 0 spiro atoms. The number of aryl methyl sites for hydroxylation is 1. The van der Waals surface area contributed by atoms with E-state index in [2.05, 4.69) is 28.5 Å². The number of aromatic nitrogens is 4. The third-order valence-corrected chi connectivity index (χ3v) is 3.97. The lowest BCUT2D eigenvalue weighted by atomic mass is 10.1. The highest BCUT2D eigenvalue weighted by molar-refractivity contribution is 5.53. The first kappa shape index (κ1) is 12.1. The molecular formula is C14H19N5. The second-order valence-corrected chi connectivity index (χ2v) is 5.17. The zero-order chi connectivity index (χ0) is 13.2. The van der Waals surface area contributed by atoms with Crippen LogP contribution in [0.2, 0.25) is 0 Å². The van der Waals surface area contributed by atoms with Crippen molar-refractivity contribution >= 4 is 5.69 Å². The molecular weight excluding hydrogens is 238 g/mol. The van der Waals surface area contributed by atoms with Crippen molar-refractivity contribution in [2.75, 3.05) is 5.73 Å². The van der Waals surface area contributed by atoms with Crippen LogP contribution in [-0.2, 0) is 6.42 Å². The van der Waals surface area contributed by atoms with Gasteiger partial charge in [-0.25, -0.2) is 0 Å². The van der Waals surface area contributed by atoms with Crippen LogP contribution in [0.4, 0.5) is 5.69 Å². The lowest BCUT2D eigenvalue weighted by molar-refractivity contribution is 0.636. The Hall–Kier alpha value is -1.91. The summed E-state index contributed by atoms with van der Waals surface area (Å²) in [5.74, 6) is 1.46. The van der Waals surface area contributed by atoms with Gasteiger partial charge in [0.1, 0.15) is 0 Å². The molecule has 1 heterocycles. The van der Waals surface area contributed by atoms with Gasteiger partial charge in [-0.3, -0.25) is 0 Å². The zero-order valence-electron chi connectivity index (χ0n) is 11.2. The summed E-state index contributed by atoms with van der Waals surface area (Å²) in [5.41, 5.74) is 9.00. The molecule has 5 heteroatoms. The van der Waals surface area contributed by atoms with E-state index in [1.807, 2.05) is 16.8 Å². The van der Waals surface area contributed by atoms with Crippen LogP contribution in [-0.4, -0.2) is 20.2 Å². The largest absolute Gasteiger partial charge is 0.398 e. The minimum absolute atomic E-state index is 0.488. The number of nitrogen functional groups attached to an aromatic ring is 1. The zero-order valence-corrected chi connectivity index (χ0v) is 11.2. The van der Waals surface area contributed by atoms with Gasteiger partial charge in [0.15, 0.2) is 5.82 Å². The number of hydrogen-bond donors (Lipinski definition) is 1. The lowest BCUT2D eigenvalue weighted by Gasteiger charge is -2.11. The number of nitrogens with two attached hydrogens (primary N) is 1. The molecule has 0 amide bonds. The Labute approximate surface area is 112 Å². The molecule has 0 unspecified atom stereocenters. The highest BCUT2D eigenvalue weighted by Crippen LogP contribution is 2.33. The van der Waals surface area contributed by atoms with E-state index in [1.54, 1.807) is 0 Å². The molecule has 19 heavy (non-hydrogen) atoms. The van der Waals surface area contributed by atoms with Gasteiger partial charge >= 0.3 is 0 Å². The number of hydrogen-bond acceptors (Lipinski definition) is 4. The maximum atomic E-state index is 6.06. The summed E-state index contributed by atoms with van der Waals surface area (Å²) in [4.78, 5) is 0. The van der Waals surface area contributed by atoms with E-state index in [9.17, 15) is 0 Å². The summed E-state index contributed by atoms with van der Waals surface area (Å²) in [6.45, 7) is 2.10. The second kappa shape index (κ2) is 4.99. The molecule has 3 rings (SSSR count). The van der Waals surface area contributed by atoms with Gasteiger partial charge < -0.3 is 5.73 Å². The van der Waals surface area contributed by atoms with E-state index >= 15 is 0 Å². The molecule has 1 fully saturated rings. The summed E-state index contributed by atoms with van der Waals surface area (Å²) >= 11 is 0. The second-order valence-electron chi connectivity index (χ2n) is 5.17. The number of tetrazole rings is 1. The number of anilines is 1. The fourth-order valence-electron chi connectivity index (χ4n) is 2.85. The Bertz CT molecular complexity index is 569. The van der Waals surface area contributed by atoms with Crippen LogP contribution < -0.4 is 5.73 Å². The Morgan fingerprint density at radius 1 is 1.32 bits per heavy atom. The van der Waals surface area contributed by atoms with Gasteiger partial charge in [-0.05, 0) is 47.4 Å². The fraction of sp³-hybridized carbons (Fsp3) is 0.500. The van der Waals surface area contributed by atoms with E-state index in [0.29, 0.717) is 5.92 Å². The van der Waals surface area contributed by atoms with Crippen molar-refractivity contribution < 1.29 is 0 Å². The van der Waals surface area contributed by atoms with Crippen LogP contribution in [0, 0.1) is 0 Å². The molecule has 1 aromatic heterocycles. The Morgan fingerprint density at radius 3 is 2.79 bits per heavy atom. The minimum atomic E-state index is 0.488. The van der Waals surface area contributed by atoms with E-state index in [1.165, 1.54) is 31.2 Å². The van der Waals surface area contributed by atoms with Gasteiger partial charge in [0.2, 0.25) is 0 Å². The standard InChI is InChI=1S/C14H19N5/c1-2-10-7-8-12(9-13(10)15)19-14(16-17-18-19)11-5-3-4-6-11/h7-9,11H,2-6,15H2,1H3. The van der Waals surface area contributed by atoms with Crippen LogP contribution >= 0.6 is 0 Å². The van der Waals surface area contributed by atoms with Crippen molar-refractivity contribution in [2.24, 2.45) is 0 Å². The van der Waals surface area contributed by atoms with Gasteiger partial charge in [0.25, 0.3) is 0 Å². The Morgan fingerprint density at radius 2 is 2.11 bits per heavy atom. The maximum Gasteiger partial charge on any atom is 0.159 e.